The lowest BCUT2D eigenvalue weighted by Crippen LogP contribution is -2.52. The van der Waals surface area contributed by atoms with Crippen molar-refractivity contribution in [3.63, 3.8) is 0 Å². The molecule has 0 spiro atoms. The molecule has 1 aliphatic rings. The topological polar surface area (TPSA) is 296 Å². The molecule has 0 aliphatic carbocycles. The summed E-state index contributed by atoms with van der Waals surface area (Å²) in [5, 5.41) is 24.8. The minimum atomic E-state index is -5.01. The Morgan fingerprint density at radius 1 is 1.04 bits per heavy atom. The van der Waals surface area contributed by atoms with Crippen LogP contribution in [0.15, 0.2) is 12.5 Å². The molecule has 8 N–H and O–H groups in total. The number of aliphatic hydroxyl groups excluding tert-OH is 1. The fraction of sp³-hybridized carbons (Fsp3) is 0.727. The largest absolute Gasteiger partial charge is 0.469 e. The number of hydroxylamine groups is 1. The van der Waals surface area contributed by atoms with Crippen molar-refractivity contribution in [1.29, 1.82) is 0 Å². The number of H-pyrrole nitrogens is 1. The summed E-state index contributed by atoms with van der Waals surface area (Å²) in [5.74, 6) is -6.33. The van der Waals surface area contributed by atoms with Crippen LogP contribution in [-0.4, -0.2) is 140 Å². The normalized spacial score (nSPS) is 18.8. The van der Waals surface area contributed by atoms with Crippen molar-refractivity contribution >= 4 is 42.9 Å². The van der Waals surface area contributed by atoms with Crippen molar-refractivity contribution in [3.8, 4) is 0 Å². The Morgan fingerprint density at radius 2 is 1.72 bits per heavy atom. The van der Waals surface area contributed by atoms with Gasteiger partial charge in [-0.2, -0.15) is 0 Å². The fourth-order valence-corrected chi connectivity index (χ4v) is 6.70. The summed E-state index contributed by atoms with van der Waals surface area (Å²) in [7, 11) is -3.49. The molecule has 54 heavy (non-hydrogen) atoms. The second kappa shape index (κ2) is 22.8. The predicted molar refractivity (Wildman–Crippen MR) is 188 cm³/mol. The Kier molecular flexibility index (Phi) is 19.7. The molecule has 1 fully saturated rings. The van der Waals surface area contributed by atoms with Crippen molar-refractivity contribution in [2.75, 3.05) is 40.1 Å². The van der Waals surface area contributed by atoms with Crippen LogP contribution in [-0.2, 0) is 53.8 Å². The zero-order valence-electron chi connectivity index (χ0n) is 31.3. The number of hydrogen-bond donors (Lipinski definition) is 8. The summed E-state index contributed by atoms with van der Waals surface area (Å²) in [6.45, 7) is 5.83. The van der Waals surface area contributed by atoms with Crippen LogP contribution >= 0.6 is 7.82 Å². The molecule has 1 aliphatic heterocycles. The van der Waals surface area contributed by atoms with E-state index in [1.54, 1.807) is 0 Å². The molecule has 0 radical (unpaired) electrons. The molecule has 2 rings (SSSR count). The number of aromatic amines is 1. The molecule has 0 aromatic carbocycles. The molecule has 20 nitrogen and oxygen atoms in total. The number of amides is 3. The van der Waals surface area contributed by atoms with E-state index in [9.17, 15) is 43.6 Å². The number of ether oxygens (including phenoxy) is 2. The Hall–Kier alpha value is -3.46. The molecule has 0 bridgehead atoms. The summed E-state index contributed by atoms with van der Waals surface area (Å²) in [6, 6.07) is -4.25. The number of aromatic nitrogens is 2. The third-order valence-corrected chi connectivity index (χ3v) is 9.56. The van der Waals surface area contributed by atoms with Gasteiger partial charge in [0, 0.05) is 44.8 Å². The van der Waals surface area contributed by atoms with Gasteiger partial charge in [-0.25, -0.2) is 15.0 Å². The van der Waals surface area contributed by atoms with Crippen LogP contribution in [0.25, 0.3) is 0 Å². The van der Waals surface area contributed by atoms with E-state index in [0.29, 0.717) is 12.3 Å². The van der Waals surface area contributed by atoms with Gasteiger partial charge in [-0.1, -0.05) is 13.8 Å². The van der Waals surface area contributed by atoms with Crippen LogP contribution < -0.4 is 16.1 Å². The van der Waals surface area contributed by atoms with E-state index in [1.807, 2.05) is 13.8 Å². The number of ketones is 3. The first-order chi connectivity index (χ1) is 25.4. The maximum atomic E-state index is 13.9. The number of rotatable bonds is 26. The van der Waals surface area contributed by atoms with Crippen LogP contribution in [0.4, 0.5) is 0 Å². The third-order valence-electron chi connectivity index (χ3n) is 8.95. The summed E-state index contributed by atoms with van der Waals surface area (Å²) in [4.78, 5) is 106. The number of imidazole rings is 1. The number of likely N-dealkylation sites (tertiary alicyclic amines) is 1. The van der Waals surface area contributed by atoms with Crippen molar-refractivity contribution in [3.05, 3.63) is 18.2 Å². The van der Waals surface area contributed by atoms with Gasteiger partial charge in [0.15, 0.2) is 11.6 Å². The molecule has 1 aromatic heterocycles. The lowest BCUT2D eigenvalue weighted by molar-refractivity contribution is -0.140. The monoisotopic (exact) mass is 790 g/mol. The molecular formula is C33H55N6O14P. The average molecular weight is 791 g/mol. The number of phosphoric ester groups is 1. The molecular weight excluding hydrogens is 735 g/mol. The van der Waals surface area contributed by atoms with Gasteiger partial charge >= 0.3 is 7.82 Å². The zero-order valence-corrected chi connectivity index (χ0v) is 32.2. The Bertz CT molecular complexity index is 1440. The predicted octanol–water partition coefficient (Wildman–Crippen LogP) is -0.801. The minimum absolute atomic E-state index is 0.0304. The highest BCUT2D eigenvalue weighted by molar-refractivity contribution is 7.46. The third kappa shape index (κ3) is 15.7. The van der Waals surface area contributed by atoms with Gasteiger partial charge in [0.2, 0.25) is 17.7 Å². The van der Waals surface area contributed by atoms with E-state index in [2.05, 4.69) is 30.6 Å². The number of carbonyl (C=O) groups is 6. The second-order valence-corrected chi connectivity index (χ2v) is 14.9. The standard InChI is InChI=1S/C33H55N6O14P/c1-19(2)10-26(36-33(46)28-13-24(38-47)16-39(28)31(44)6-7-52-9-8-51-5)29(42)12-22(11-23-15-34-18-35-23)32(45)37-27(17-40)30(43)14-25(20(3)41)21(4)53-54(48,49)50/h15,18-19,21-22,24-28,38,40,47H,6-14,16-17H2,1-5H3,(H,34,35)(H,36,46)(H,37,45)(H2,48,49,50)/t21?,22-,24+,25-,26+,27+,28+/m1/s1. The summed E-state index contributed by atoms with van der Waals surface area (Å²) >= 11 is 0. The summed E-state index contributed by atoms with van der Waals surface area (Å²) < 4.78 is 26.2. The maximum Gasteiger partial charge on any atom is 0.469 e. The SMILES string of the molecule is COCCOCCC(=O)N1C[C@@H](NO)C[C@H]1C(=O)N[C@@H](CC(C)C)C(=O)C[C@@H](Cc1cnc[nH]1)C(=O)N[C@@H](CO)C(=O)C[C@H](C(C)=O)C(C)OP(=O)(O)O. The van der Waals surface area contributed by atoms with E-state index in [0.717, 1.165) is 6.92 Å². The van der Waals surface area contributed by atoms with Gasteiger partial charge in [0.25, 0.3) is 0 Å². The second-order valence-electron chi connectivity index (χ2n) is 13.8. The number of nitrogens with zero attached hydrogens (tertiary/aromatic N) is 2. The molecule has 306 valence electrons. The van der Waals surface area contributed by atoms with Gasteiger partial charge in [-0.05, 0) is 32.6 Å². The highest BCUT2D eigenvalue weighted by atomic mass is 31.2. The van der Waals surface area contributed by atoms with Crippen LogP contribution in [0.5, 0.6) is 0 Å². The van der Waals surface area contributed by atoms with Gasteiger partial charge in [0.1, 0.15) is 17.9 Å². The first kappa shape index (κ1) is 46.7. The Morgan fingerprint density at radius 3 is 2.28 bits per heavy atom. The molecule has 1 aromatic rings. The van der Waals surface area contributed by atoms with Crippen LogP contribution in [0, 0.1) is 17.8 Å². The summed E-state index contributed by atoms with van der Waals surface area (Å²) in [5.41, 5.74) is 2.57. The van der Waals surface area contributed by atoms with E-state index in [-0.39, 0.29) is 57.3 Å². The van der Waals surface area contributed by atoms with Crippen LogP contribution in [0.2, 0.25) is 0 Å². The molecule has 0 saturated carbocycles. The van der Waals surface area contributed by atoms with Gasteiger partial charge < -0.3 is 50.1 Å². The smallest absolute Gasteiger partial charge is 0.394 e. The quantitative estimate of drug-likeness (QED) is 0.0324. The van der Waals surface area contributed by atoms with E-state index >= 15 is 0 Å². The minimum Gasteiger partial charge on any atom is -0.394 e. The Labute approximate surface area is 313 Å². The number of Topliss-reactive ketones (excluding diaryl/α,β-unsaturated/α-hetero) is 3. The van der Waals surface area contributed by atoms with Gasteiger partial charge in [-0.3, -0.25) is 33.3 Å². The Balaban J connectivity index is 2.24. The number of carbonyl (C=O) groups excluding carboxylic acids is 6. The lowest BCUT2D eigenvalue weighted by Gasteiger charge is -2.28. The lowest BCUT2D eigenvalue weighted by atomic mass is 9.89. The van der Waals surface area contributed by atoms with Crippen molar-refractivity contribution in [1.82, 2.24) is 31.0 Å². The number of nitrogens with one attached hydrogen (secondary N) is 4. The van der Waals surface area contributed by atoms with Crippen LogP contribution in [0.3, 0.4) is 0 Å². The molecule has 21 heteroatoms. The number of hydrogen-bond acceptors (Lipinski definition) is 14. The molecule has 1 unspecified atom stereocenters. The first-order valence-corrected chi connectivity index (χ1v) is 19.2. The fourth-order valence-electron chi connectivity index (χ4n) is 6.12. The number of aliphatic hydroxyl groups is 1. The van der Waals surface area contributed by atoms with E-state index < -0.39 is 98.5 Å². The van der Waals surface area contributed by atoms with Crippen molar-refractivity contribution in [2.24, 2.45) is 17.8 Å². The zero-order chi connectivity index (χ0) is 40.6. The molecule has 7 atom stereocenters. The number of phosphoric acid groups is 1. The summed E-state index contributed by atoms with van der Waals surface area (Å²) in [6.07, 6.45) is 0.538. The molecule has 3 amide bonds. The highest BCUT2D eigenvalue weighted by Gasteiger charge is 2.41. The van der Waals surface area contributed by atoms with E-state index in [4.69, 9.17) is 19.3 Å². The first-order valence-electron chi connectivity index (χ1n) is 17.6. The van der Waals surface area contributed by atoms with Crippen molar-refractivity contribution in [2.45, 2.75) is 96.5 Å². The number of methoxy groups -OCH3 is 1. The van der Waals surface area contributed by atoms with Gasteiger partial charge in [-0.15, -0.1) is 0 Å². The van der Waals surface area contributed by atoms with Gasteiger partial charge in [0.05, 0.1) is 69.2 Å². The molecule has 1 saturated heterocycles. The maximum absolute atomic E-state index is 13.9. The molecule has 2 heterocycles. The van der Waals surface area contributed by atoms with Crippen molar-refractivity contribution < 1.29 is 67.4 Å². The average Bonchev–Trinajstić information content (AvgIpc) is 3.78. The van der Waals surface area contributed by atoms with E-state index in [1.165, 1.54) is 31.5 Å². The highest BCUT2D eigenvalue weighted by Crippen LogP contribution is 2.39. The van der Waals surface area contributed by atoms with Crippen LogP contribution in [0.1, 0.15) is 65.5 Å².